The van der Waals surface area contributed by atoms with Gasteiger partial charge in [0, 0.05) is 25.7 Å². The fraction of sp³-hybridized carbons (Fsp3) is 0.438. The monoisotopic (exact) mass is 304 g/mol. The number of nitrogens with one attached hydrogen (secondary N) is 1. The topological polar surface area (TPSA) is 86.7 Å². The van der Waals surface area contributed by atoms with E-state index in [-0.39, 0.29) is 23.3 Å². The molecule has 1 heterocycles. The number of carboxylic acids is 1. The molecule has 2 rings (SSSR count). The normalized spacial score (nSPS) is 17.9. The lowest BCUT2D eigenvalue weighted by molar-refractivity contribution is -0.125. The van der Waals surface area contributed by atoms with E-state index in [4.69, 9.17) is 5.11 Å². The van der Waals surface area contributed by atoms with Gasteiger partial charge in [0.15, 0.2) is 0 Å². The number of amides is 2. The molecule has 1 fully saturated rings. The minimum atomic E-state index is -1.06. The van der Waals surface area contributed by atoms with Gasteiger partial charge in [-0.25, -0.2) is 4.79 Å². The highest BCUT2D eigenvalue weighted by molar-refractivity contribution is 5.98. The smallest absolute Gasteiger partial charge is 0.335 e. The predicted octanol–water partition coefficient (Wildman–Crippen LogP) is 1.29. The maximum Gasteiger partial charge on any atom is 0.335 e. The fourth-order valence-corrected chi connectivity index (χ4v) is 2.79. The van der Waals surface area contributed by atoms with Crippen LogP contribution in [0.2, 0.25) is 0 Å². The van der Waals surface area contributed by atoms with Crippen LogP contribution in [0.25, 0.3) is 0 Å². The van der Waals surface area contributed by atoms with Crippen LogP contribution in [0.15, 0.2) is 18.2 Å². The molecule has 0 saturated carbocycles. The van der Waals surface area contributed by atoms with Crippen LogP contribution >= 0.6 is 0 Å². The Balaban J connectivity index is 2.20. The molecule has 0 radical (unpaired) electrons. The molecule has 6 nitrogen and oxygen atoms in total. The van der Waals surface area contributed by atoms with Crippen LogP contribution in [0.5, 0.6) is 0 Å². The summed E-state index contributed by atoms with van der Waals surface area (Å²) in [6, 6.07) is 4.60. The van der Waals surface area contributed by atoms with Crippen molar-refractivity contribution in [1.29, 1.82) is 0 Å². The average molecular weight is 304 g/mol. The van der Waals surface area contributed by atoms with Crippen molar-refractivity contribution >= 4 is 17.8 Å². The number of aromatic carboxylic acids is 1. The Bertz CT molecular complexity index is 612. The van der Waals surface area contributed by atoms with Crippen molar-refractivity contribution in [3.05, 3.63) is 34.9 Å². The Labute approximate surface area is 129 Å². The standard InChI is InChI=1S/C16H20N2O4/c1-10-6-12(8-13(7-10)16(21)22)15(20)18-5-3-4-11(9-18)14(19)17-2/h6-8,11H,3-5,9H2,1-2H3,(H,17,19)(H,21,22). The van der Waals surface area contributed by atoms with Crippen molar-refractivity contribution in [2.75, 3.05) is 20.1 Å². The SMILES string of the molecule is CNC(=O)C1CCCN(C(=O)c2cc(C)cc(C(=O)O)c2)C1. The quantitative estimate of drug-likeness (QED) is 0.881. The highest BCUT2D eigenvalue weighted by Crippen LogP contribution is 2.20. The van der Waals surface area contributed by atoms with Crippen LogP contribution < -0.4 is 5.32 Å². The summed E-state index contributed by atoms with van der Waals surface area (Å²) >= 11 is 0. The highest BCUT2D eigenvalue weighted by Gasteiger charge is 2.28. The number of rotatable bonds is 3. The third-order valence-electron chi connectivity index (χ3n) is 3.90. The number of benzene rings is 1. The van der Waals surface area contributed by atoms with Crippen LogP contribution in [-0.4, -0.2) is 47.9 Å². The van der Waals surface area contributed by atoms with Gasteiger partial charge in [0.25, 0.3) is 5.91 Å². The number of hydrogen-bond acceptors (Lipinski definition) is 3. The van der Waals surface area contributed by atoms with Crippen molar-refractivity contribution in [3.63, 3.8) is 0 Å². The van der Waals surface area contributed by atoms with Crippen molar-refractivity contribution in [1.82, 2.24) is 10.2 Å². The summed E-state index contributed by atoms with van der Waals surface area (Å²) in [4.78, 5) is 37.1. The van der Waals surface area contributed by atoms with Crippen LogP contribution in [0.1, 0.15) is 39.1 Å². The number of nitrogens with zero attached hydrogens (tertiary/aromatic N) is 1. The van der Waals surface area contributed by atoms with Crippen LogP contribution in [-0.2, 0) is 4.79 Å². The molecule has 1 atom stereocenters. The molecule has 0 aliphatic carbocycles. The predicted molar refractivity (Wildman–Crippen MR) is 80.8 cm³/mol. The molecule has 6 heteroatoms. The number of likely N-dealkylation sites (tertiary alicyclic amines) is 1. The molecule has 1 aromatic rings. The van der Waals surface area contributed by atoms with Crippen LogP contribution in [0, 0.1) is 12.8 Å². The van der Waals surface area contributed by atoms with Crippen LogP contribution in [0.3, 0.4) is 0 Å². The molecule has 0 spiro atoms. The number of aryl methyl sites for hydroxylation is 1. The van der Waals surface area contributed by atoms with Gasteiger partial charge in [0.1, 0.15) is 0 Å². The number of carbonyl (C=O) groups is 3. The lowest BCUT2D eigenvalue weighted by Gasteiger charge is -2.32. The molecule has 2 N–H and O–H groups in total. The Morgan fingerprint density at radius 3 is 2.55 bits per heavy atom. The summed E-state index contributed by atoms with van der Waals surface area (Å²) in [5, 5.41) is 11.7. The summed E-state index contributed by atoms with van der Waals surface area (Å²) in [6.45, 7) is 2.71. The van der Waals surface area contributed by atoms with E-state index < -0.39 is 5.97 Å². The number of carboxylic acid groups (broad SMARTS) is 1. The average Bonchev–Trinajstić information content (AvgIpc) is 2.52. The molecule has 22 heavy (non-hydrogen) atoms. The summed E-state index contributed by atoms with van der Waals surface area (Å²) in [6.07, 6.45) is 1.53. The van der Waals surface area contributed by atoms with E-state index in [1.807, 2.05) is 0 Å². The third kappa shape index (κ3) is 3.44. The Morgan fingerprint density at radius 1 is 1.23 bits per heavy atom. The van der Waals surface area contributed by atoms with E-state index in [9.17, 15) is 14.4 Å². The molecule has 1 aliphatic heterocycles. The molecule has 1 saturated heterocycles. The van der Waals surface area contributed by atoms with Gasteiger partial charge >= 0.3 is 5.97 Å². The van der Waals surface area contributed by atoms with Gasteiger partial charge in [-0.1, -0.05) is 0 Å². The molecule has 1 unspecified atom stereocenters. The van der Waals surface area contributed by atoms with Crippen LogP contribution in [0.4, 0.5) is 0 Å². The Hall–Kier alpha value is -2.37. The second-order valence-electron chi connectivity index (χ2n) is 5.60. The van der Waals surface area contributed by atoms with E-state index in [1.54, 1.807) is 24.9 Å². The van der Waals surface area contributed by atoms with E-state index in [2.05, 4.69) is 5.32 Å². The molecule has 118 valence electrons. The second kappa shape index (κ2) is 6.60. The van der Waals surface area contributed by atoms with Gasteiger partial charge < -0.3 is 15.3 Å². The lowest BCUT2D eigenvalue weighted by atomic mass is 9.96. The fourth-order valence-electron chi connectivity index (χ4n) is 2.79. The zero-order chi connectivity index (χ0) is 16.3. The lowest BCUT2D eigenvalue weighted by Crippen LogP contribution is -2.44. The second-order valence-corrected chi connectivity index (χ2v) is 5.60. The van der Waals surface area contributed by atoms with Crippen molar-refractivity contribution in [3.8, 4) is 0 Å². The number of carbonyl (C=O) groups excluding carboxylic acids is 2. The first-order chi connectivity index (χ1) is 10.4. The minimum Gasteiger partial charge on any atom is -0.478 e. The molecule has 1 aliphatic rings. The first-order valence-electron chi connectivity index (χ1n) is 7.28. The van der Waals surface area contributed by atoms with Gasteiger partial charge in [-0.2, -0.15) is 0 Å². The Morgan fingerprint density at radius 2 is 1.91 bits per heavy atom. The minimum absolute atomic E-state index is 0.0621. The number of piperidine rings is 1. The summed E-state index contributed by atoms with van der Waals surface area (Å²) in [7, 11) is 1.59. The number of hydrogen-bond donors (Lipinski definition) is 2. The van der Waals surface area contributed by atoms with Gasteiger partial charge in [0.2, 0.25) is 5.91 Å². The molecule has 2 amide bonds. The van der Waals surface area contributed by atoms with E-state index in [0.717, 1.165) is 18.4 Å². The molecule has 0 bridgehead atoms. The van der Waals surface area contributed by atoms with Gasteiger partial charge in [-0.05, 0) is 43.5 Å². The zero-order valence-electron chi connectivity index (χ0n) is 12.8. The summed E-state index contributed by atoms with van der Waals surface area (Å²) in [5.74, 6) is -1.54. The molecular weight excluding hydrogens is 284 g/mol. The summed E-state index contributed by atoms with van der Waals surface area (Å²) < 4.78 is 0. The summed E-state index contributed by atoms with van der Waals surface area (Å²) in [5.41, 5.74) is 1.18. The maximum absolute atomic E-state index is 12.6. The van der Waals surface area contributed by atoms with E-state index in [1.165, 1.54) is 12.1 Å². The van der Waals surface area contributed by atoms with Gasteiger partial charge in [0.05, 0.1) is 11.5 Å². The van der Waals surface area contributed by atoms with E-state index >= 15 is 0 Å². The molecule has 0 aromatic heterocycles. The molecular formula is C16H20N2O4. The van der Waals surface area contributed by atoms with Gasteiger partial charge in [-0.15, -0.1) is 0 Å². The van der Waals surface area contributed by atoms with E-state index in [0.29, 0.717) is 18.7 Å². The van der Waals surface area contributed by atoms with Crippen molar-refractivity contribution < 1.29 is 19.5 Å². The zero-order valence-corrected chi connectivity index (χ0v) is 12.8. The first-order valence-corrected chi connectivity index (χ1v) is 7.28. The Kier molecular flexibility index (Phi) is 4.80. The van der Waals surface area contributed by atoms with Crippen molar-refractivity contribution in [2.45, 2.75) is 19.8 Å². The molecule has 1 aromatic carbocycles. The highest BCUT2D eigenvalue weighted by atomic mass is 16.4. The first kappa shape index (κ1) is 16.0. The third-order valence-corrected chi connectivity index (χ3v) is 3.90. The van der Waals surface area contributed by atoms with Gasteiger partial charge in [-0.3, -0.25) is 9.59 Å². The maximum atomic E-state index is 12.6. The van der Waals surface area contributed by atoms with Crippen molar-refractivity contribution in [2.24, 2.45) is 5.92 Å². The largest absolute Gasteiger partial charge is 0.478 e.